The van der Waals surface area contributed by atoms with Crippen molar-refractivity contribution in [2.45, 2.75) is 37.3 Å². The summed E-state index contributed by atoms with van der Waals surface area (Å²) >= 11 is 0. The number of fused-ring (bicyclic) bond motifs is 1. The van der Waals surface area contributed by atoms with Gasteiger partial charge in [0.15, 0.2) is 0 Å². The van der Waals surface area contributed by atoms with Gasteiger partial charge in [0.05, 0.1) is 6.07 Å². The largest absolute Gasteiger partial charge is 0.366 e. The fourth-order valence-electron chi connectivity index (χ4n) is 3.39. The van der Waals surface area contributed by atoms with Crippen LogP contribution in [0.25, 0.3) is 0 Å². The molecule has 0 spiro atoms. The SMILES string of the molecule is N#CC1(Nc2ccccc2)CCN2CCCCC21. The van der Waals surface area contributed by atoms with Gasteiger partial charge >= 0.3 is 0 Å². The average molecular weight is 241 g/mol. The van der Waals surface area contributed by atoms with Crippen molar-refractivity contribution in [2.75, 3.05) is 18.4 Å². The highest BCUT2D eigenvalue weighted by Crippen LogP contribution is 2.37. The Morgan fingerprint density at radius 3 is 2.83 bits per heavy atom. The molecule has 0 aromatic heterocycles. The van der Waals surface area contributed by atoms with Gasteiger partial charge in [-0.3, -0.25) is 4.90 Å². The molecule has 3 nitrogen and oxygen atoms in total. The first-order valence-electron chi connectivity index (χ1n) is 6.83. The third kappa shape index (κ3) is 1.87. The number of piperidine rings is 1. The summed E-state index contributed by atoms with van der Waals surface area (Å²) in [5.74, 6) is 0. The molecule has 3 heteroatoms. The normalized spacial score (nSPS) is 31.6. The van der Waals surface area contributed by atoms with Crippen molar-refractivity contribution in [3.05, 3.63) is 30.3 Å². The van der Waals surface area contributed by atoms with Crippen molar-refractivity contribution in [3.63, 3.8) is 0 Å². The van der Waals surface area contributed by atoms with Gasteiger partial charge in [0.2, 0.25) is 0 Å². The number of nitriles is 1. The molecule has 1 aromatic rings. The van der Waals surface area contributed by atoms with Gasteiger partial charge in [-0.05, 0) is 37.9 Å². The lowest BCUT2D eigenvalue weighted by molar-refractivity contribution is 0.180. The maximum atomic E-state index is 9.68. The maximum absolute atomic E-state index is 9.68. The molecule has 2 heterocycles. The molecule has 0 amide bonds. The van der Waals surface area contributed by atoms with Crippen LogP contribution in [-0.2, 0) is 0 Å². The third-order valence-corrected chi connectivity index (χ3v) is 4.32. The lowest BCUT2D eigenvalue weighted by atomic mass is 9.86. The second-order valence-corrected chi connectivity index (χ2v) is 5.37. The average Bonchev–Trinajstić information content (AvgIpc) is 2.80. The van der Waals surface area contributed by atoms with E-state index < -0.39 is 0 Å². The summed E-state index contributed by atoms with van der Waals surface area (Å²) in [5.41, 5.74) is 0.674. The highest BCUT2D eigenvalue weighted by Gasteiger charge is 2.48. The zero-order valence-corrected chi connectivity index (χ0v) is 10.6. The van der Waals surface area contributed by atoms with E-state index >= 15 is 0 Å². The highest BCUT2D eigenvalue weighted by molar-refractivity contribution is 5.49. The Morgan fingerprint density at radius 2 is 2.06 bits per heavy atom. The molecular formula is C15H19N3. The second-order valence-electron chi connectivity index (χ2n) is 5.37. The van der Waals surface area contributed by atoms with Gasteiger partial charge in [0.25, 0.3) is 0 Å². The van der Waals surface area contributed by atoms with E-state index in [0.29, 0.717) is 6.04 Å². The minimum absolute atomic E-state index is 0.386. The minimum Gasteiger partial charge on any atom is -0.366 e. The Labute approximate surface area is 108 Å². The van der Waals surface area contributed by atoms with E-state index in [1.165, 1.54) is 12.8 Å². The fourth-order valence-corrected chi connectivity index (χ4v) is 3.39. The summed E-state index contributed by atoms with van der Waals surface area (Å²) in [6.07, 6.45) is 4.61. The van der Waals surface area contributed by atoms with Crippen LogP contribution in [0, 0.1) is 11.3 Å². The Kier molecular flexibility index (Phi) is 2.97. The lowest BCUT2D eigenvalue weighted by Gasteiger charge is -2.37. The van der Waals surface area contributed by atoms with E-state index in [-0.39, 0.29) is 5.54 Å². The molecule has 2 unspecified atom stereocenters. The van der Waals surface area contributed by atoms with Gasteiger partial charge in [-0.2, -0.15) is 5.26 Å². The zero-order chi connectivity index (χ0) is 12.4. The summed E-state index contributed by atoms with van der Waals surface area (Å²) in [6.45, 7) is 2.21. The smallest absolute Gasteiger partial charge is 0.142 e. The van der Waals surface area contributed by atoms with Crippen LogP contribution in [0.3, 0.4) is 0 Å². The number of nitrogens with one attached hydrogen (secondary N) is 1. The molecule has 2 saturated heterocycles. The van der Waals surface area contributed by atoms with Gasteiger partial charge in [0, 0.05) is 18.3 Å². The molecule has 0 radical (unpaired) electrons. The van der Waals surface area contributed by atoms with Crippen LogP contribution < -0.4 is 5.32 Å². The van der Waals surface area contributed by atoms with Crippen LogP contribution in [0.4, 0.5) is 5.69 Å². The zero-order valence-electron chi connectivity index (χ0n) is 10.6. The molecule has 2 aliphatic heterocycles. The summed E-state index contributed by atoms with van der Waals surface area (Å²) in [4.78, 5) is 2.49. The minimum atomic E-state index is -0.387. The Bertz CT molecular complexity index is 451. The van der Waals surface area contributed by atoms with Crippen LogP contribution in [-0.4, -0.2) is 29.6 Å². The van der Waals surface area contributed by atoms with Crippen molar-refractivity contribution in [3.8, 4) is 6.07 Å². The van der Waals surface area contributed by atoms with E-state index in [2.05, 4.69) is 16.3 Å². The highest BCUT2D eigenvalue weighted by atomic mass is 15.3. The summed E-state index contributed by atoms with van der Waals surface area (Å²) < 4.78 is 0. The molecule has 0 bridgehead atoms. The van der Waals surface area contributed by atoms with Crippen molar-refractivity contribution in [1.82, 2.24) is 4.90 Å². The Morgan fingerprint density at radius 1 is 1.22 bits per heavy atom. The lowest BCUT2D eigenvalue weighted by Crippen LogP contribution is -2.50. The van der Waals surface area contributed by atoms with Crippen LogP contribution in [0.5, 0.6) is 0 Å². The predicted octanol–water partition coefficient (Wildman–Crippen LogP) is 2.62. The monoisotopic (exact) mass is 241 g/mol. The summed E-state index contributed by atoms with van der Waals surface area (Å²) in [5, 5.41) is 13.2. The van der Waals surface area contributed by atoms with Gasteiger partial charge in [-0.15, -0.1) is 0 Å². The third-order valence-electron chi connectivity index (χ3n) is 4.32. The van der Waals surface area contributed by atoms with Gasteiger partial charge in [0.1, 0.15) is 5.54 Å². The van der Waals surface area contributed by atoms with E-state index in [0.717, 1.165) is 31.6 Å². The summed E-state index contributed by atoms with van der Waals surface area (Å²) in [7, 11) is 0. The topological polar surface area (TPSA) is 39.1 Å². The van der Waals surface area contributed by atoms with E-state index in [9.17, 15) is 5.26 Å². The number of hydrogen-bond donors (Lipinski definition) is 1. The standard InChI is InChI=1S/C15H19N3/c16-12-15(17-13-6-2-1-3-7-13)9-11-18-10-5-4-8-14(15)18/h1-3,6-7,14,17H,4-5,8-11H2. The first-order valence-corrected chi connectivity index (χ1v) is 6.83. The van der Waals surface area contributed by atoms with E-state index in [1.807, 2.05) is 30.3 Å². The van der Waals surface area contributed by atoms with Crippen molar-refractivity contribution in [1.29, 1.82) is 5.26 Å². The quantitative estimate of drug-likeness (QED) is 0.865. The van der Waals surface area contributed by atoms with Crippen LogP contribution in [0.2, 0.25) is 0 Å². The number of anilines is 1. The molecule has 1 N–H and O–H groups in total. The molecule has 2 fully saturated rings. The van der Waals surface area contributed by atoms with Gasteiger partial charge < -0.3 is 5.32 Å². The number of hydrogen-bond acceptors (Lipinski definition) is 3. The molecule has 18 heavy (non-hydrogen) atoms. The number of rotatable bonds is 2. The number of benzene rings is 1. The van der Waals surface area contributed by atoms with Crippen molar-refractivity contribution in [2.24, 2.45) is 0 Å². The predicted molar refractivity (Wildman–Crippen MR) is 72.2 cm³/mol. The van der Waals surface area contributed by atoms with Crippen LogP contribution in [0.15, 0.2) is 30.3 Å². The Hall–Kier alpha value is -1.53. The molecule has 3 rings (SSSR count). The molecule has 0 saturated carbocycles. The second kappa shape index (κ2) is 4.62. The first kappa shape index (κ1) is 11.6. The van der Waals surface area contributed by atoms with Crippen molar-refractivity contribution < 1.29 is 0 Å². The number of para-hydroxylation sites is 1. The number of nitrogens with zero attached hydrogens (tertiary/aromatic N) is 2. The Balaban J connectivity index is 1.85. The van der Waals surface area contributed by atoms with Crippen LogP contribution in [0.1, 0.15) is 25.7 Å². The maximum Gasteiger partial charge on any atom is 0.142 e. The molecule has 94 valence electrons. The fraction of sp³-hybridized carbons (Fsp3) is 0.533. The molecule has 2 atom stereocenters. The van der Waals surface area contributed by atoms with E-state index in [1.54, 1.807) is 0 Å². The van der Waals surface area contributed by atoms with Crippen LogP contribution >= 0.6 is 0 Å². The van der Waals surface area contributed by atoms with Crippen molar-refractivity contribution >= 4 is 5.69 Å². The van der Waals surface area contributed by atoms with E-state index in [4.69, 9.17) is 0 Å². The van der Waals surface area contributed by atoms with Gasteiger partial charge in [-0.25, -0.2) is 0 Å². The molecule has 1 aromatic carbocycles. The molecular weight excluding hydrogens is 222 g/mol. The summed E-state index contributed by atoms with van der Waals surface area (Å²) in [6, 6.07) is 13.1. The first-order chi connectivity index (χ1) is 8.84. The molecule has 0 aliphatic carbocycles. The van der Waals surface area contributed by atoms with Gasteiger partial charge in [-0.1, -0.05) is 24.6 Å². The molecule has 2 aliphatic rings.